The van der Waals surface area contributed by atoms with Crippen molar-refractivity contribution in [3.63, 3.8) is 0 Å². The van der Waals surface area contributed by atoms with Gasteiger partial charge in [0.15, 0.2) is 17.3 Å². The van der Waals surface area contributed by atoms with E-state index in [0.717, 1.165) is 7.11 Å². The van der Waals surface area contributed by atoms with Crippen LogP contribution in [0.1, 0.15) is 40.0 Å². The van der Waals surface area contributed by atoms with Gasteiger partial charge in [0.05, 0.1) is 12.7 Å². The number of hydrogen-bond donors (Lipinski definition) is 2. The van der Waals surface area contributed by atoms with Crippen LogP contribution in [0.3, 0.4) is 0 Å². The summed E-state index contributed by atoms with van der Waals surface area (Å²) in [6.45, 7) is 1.09. The zero-order valence-corrected chi connectivity index (χ0v) is 15.6. The Labute approximate surface area is 164 Å². The average molecular weight is 403 g/mol. The van der Waals surface area contributed by atoms with Crippen LogP contribution in [0.2, 0.25) is 0 Å². The van der Waals surface area contributed by atoms with Crippen LogP contribution in [0.25, 0.3) is 0 Å². The number of ether oxygens (including phenoxy) is 2. The number of Topliss-reactive ketones (excluding diaryl/α,β-unsaturated/α-hetero) is 1. The predicted molar refractivity (Wildman–Crippen MR) is 96.3 cm³/mol. The number of rotatable bonds is 5. The molecule has 9 nitrogen and oxygen atoms in total. The van der Waals surface area contributed by atoms with E-state index in [2.05, 4.69) is 20.0 Å². The van der Waals surface area contributed by atoms with Crippen LogP contribution in [-0.4, -0.2) is 52.6 Å². The lowest BCUT2D eigenvalue weighted by Gasteiger charge is -2.25. The van der Waals surface area contributed by atoms with Crippen LogP contribution in [-0.2, 0) is 15.1 Å². The highest BCUT2D eigenvalue weighted by atomic mass is 19.1. The van der Waals surface area contributed by atoms with Crippen molar-refractivity contribution < 1.29 is 33.4 Å². The van der Waals surface area contributed by atoms with Crippen molar-refractivity contribution in [3.05, 3.63) is 47.4 Å². The highest BCUT2D eigenvalue weighted by Gasteiger charge is 2.48. The summed E-state index contributed by atoms with van der Waals surface area (Å²) in [5.41, 5.74) is -2.03. The molecule has 0 unspecified atom stereocenters. The highest BCUT2D eigenvalue weighted by Crippen LogP contribution is 2.36. The normalized spacial score (nSPS) is 20.9. The summed E-state index contributed by atoms with van der Waals surface area (Å²) < 4.78 is 23.6. The Kier molecular flexibility index (Phi) is 5.55. The van der Waals surface area contributed by atoms with Crippen molar-refractivity contribution in [2.24, 2.45) is 0 Å². The fourth-order valence-corrected chi connectivity index (χ4v) is 3.04. The van der Waals surface area contributed by atoms with Gasteiger partial charge in [0, 0.05) is 13.0 Å². The molecule has 29 heavy (non-hydrogen) atoms. The minimum atomic E-state index is -1.62. The van der Waals surface area contributed by atoms with Crippen LogP contribution in [0, 0.1) is 0 Å². The van der Waals surface area contributed by atoms with E-state index < -0.39 is 46.8 Å². The fourth-order valence-electron chi connectivity index (χ4n) is 3.04. The minimum absolute atomic E-state index is 0.123. The first kappa shape index (κ1) is 20.3. The first-order valence-electron chi connectivity index (χ1n) is 8.65. The lowest BCUT2D eigenvalue weighted by molar-refractivity contribution is -0.123. The molecule has 0 bridgehead atoms. The third kappa shape index (κ3) is 3.79. The molecule has 2 aromatic rings. The Morgan fingerprint density at radius 1 is 1.21 bits per heavy atom. The quantitative estimate of drug-likeness (QED) is 0.710. The van der Waals surface area contributed by atoms with E-state index in [4.69, 9.17) is 4.74 Å². The summed E-state index contributed by atoms with van der Waals surface area (Å²) in [4.78, 5) is 44.6. The Morgan fingerprint density at radius 2 is 1.90 bits per heavy atom. The molecule has 0 saturated carbocycles. The van der Waals surface area contributed by atoms with Gasteiger partial charge in [-0.25, -0.2) is 19.0 Å². The van der Waals surface area contributed by atoms with Crippen LogP contribution in [0.15, 0.2) is 30.3 Å². The van der Waals surface area contributed by atoms with E-state index in [1.54, 1.807) is 18.2 Å². The molecular formula is C19H18FN3O6. The van der Waals surface area contributed by atoms with Gasteiger partial charge < -0.3 is 14.6 Å². The molecule has 1 aliphatic heterocycles. The fraction of sp³-hybridized carbons (Fsp3) is 0.316. The van der Waals surface area contributed by atoms with Gasteiger partial charge in [-0.15, -0.1) is 0 Å². The van der Waals surface area contributed by atoms with Gasteiger partial charge in [0.1, 0.15) is 11.7 Å². The van der Waals surface area contributed by atoms with Crippen LogP contribution in [0.4, 0.5) is 4.39 Å². The van der Waals surface area contributed by atoms with Gasteiger partial charge in [-0.3, -0.25) is 10.1 Å². The number of ketones is 1. The van der Waals surface area contributed by atoms with E-state index in [9.17, 15) is 23.9 Å². The second kappa shape index (κ2) is 7.92. The molecule has 0 amide bonds. The Morgan fingerprint density at radius 3 is 2.45 bits per heavy atom. The number of alkyl halides is 1. The molecule has 2 heterocycles. The molecule has 1 aliphatic rings. The van der Waals surface area contributed by atoms with E-state index >= 15 is 0 Å². The lowest BCUT2D eigenvalue weighted by atomic mass is 9.91. The molecule has 1 fully saturated rings. The number of carbonyl (C=O) groups excluding carboxylic acids is 3. The van der Waals surface area contributed by atoms with Gasteiger partial charge in [-0.05, 0) is 19.1 Å². The molecule has 1 saturated heterocycles. The predicted octanol–water partition coefficient (Wildman–Crippen LogP) is 1.30. The first-order chi connectivity index (χ1) is 13.8. The number of carbonyl (C=O) groups is 3. The molecule has 0 aliphatic carbocycles. The van der Waals surface area contributed by atoms with Crippen LogP contribution >= 0.6 is 0 Å². The topological polar surface area (TPSA) is 128 Å². The van der Waals surface area contributed by atoms with Crippen LogP contribution < -0.4 is 10.1 Å². The average Bonchev–Trinajstić information content (AvgIpc) is 3.12. The van der Waals surface area contributed by atoms with Gasteiger partial charge >= 0.3 is 11.9 Å². The second-order valence-corrected chi connectivity index (χ2v) is 6.44. The maximum Gasteiger partial charge on any atom is 0.360 e. The van der Waals surface area contributed by atoms with E-state index in [-0.39, 0.29) is 24.4 Å². The highest BCUT2D eigenvalue weighted by molar-refractivity contribution is 5.96. The van der Waals surface area contributed by atoms with Gasteiger partial charge in [-0.2, -0.15) is 4.98 Å². The largest absolute Gasteiger partial charge is 0.491 e. The number of benzene rings is 1. The molecule has 1 aromatic carbocycles. The van der Waals surface area contributed by atoms with Crippen molar-refractivity contribution in [2.75, 3.05) is 13.7 Å². The van der Waals surface area contributed by atoms with Crippen molar-refractivity contribution in [3.8, 4) is 11.6 Å². The number of aromatic nitrogens is 2. The number of aromatic hydroxyl groups is 1. The molecule has 152 valence electrons. The molecule has 0 spiro atoms. The molecular weight excluding hydrogens is 385 g/mol. The Hall–Kier alpha value is -3.40. The summed E-state index contributed by atoms with van der Waals surface area (Å²) in [7, 11) is 1.07. The summed E-state index contributed by atoms with van der Waals surface area (Å²) in [6, 6.07) is 7.85. The molecule has 1 aromatic heterocycles. The van der Waals surface area contributed by atoms with E-state index in [1.807, 2.05) is 0 Å². The summed E-state index contributed by atoms with van der Waals surface area (Å²) in [6.07, 6.45) is -1.62. The van der Waals surface area contributed by atoms with Gasteiger partial charge in [0.25, 0.3) is 5.88 Å². The zero-order chi connectivity index (χ0) is 21.2. The standard InChI is InChI=1S/C19H18FN3O6/c1-10(24)19(8-12(20)9-21-19)18-22-13(17(27)28-2)14(15(25)23-18)29-16(26)11-6-4-3-5-7-11/h3-7,12,21H,8-9H2,1-2H3,(H,22,23,25)/t12-,19+/m0/s1. The summed E-state index contributed by atoms with van der Waals surface area (Å²) in [5.74, 6) is -4.20. The number of methoxy groups -OCH3 is 1. The molecule has 0 radical (unpaired) electrons. The monoisotopic (exact) mass is 403 g/mol. The summed E-state index contributed by atoms with van der Waals surface area (Å²) in [5, 5.41) is 13.1. The van der Waals surface area contributed by atoms with Crippen LogP contribution in [0.5, 0.6) is 11.6 Å². The third-order valence-electron chi connectivity index (χ3n) is 4.57. The molecule has 2 atom stereocenters. The molecule has 10 heteroatoms. The van der Waals surface area contributed by atoms with Crippen molar-refractivity contribution in [1.82, 2.24) is 15.3 Å². The van der Waals surface area contributed by atoms with Gasteiger partial charge in [-0.1, -0.05) is 18.2 Å². The molecule has 3 rings (SSSR count). The van der Waals surface area contributed by atoms with Crippen molar-refractivity contribution in [1.29, 1.82) is 0 Å². The zero-order valence-electron chi connectivity index (χ0n) is 15.6. The van der Waals surface area contributed by atoms with Gasteiger partial charge in [0.2, 0.25) is 5.75 Å². The SMILES string of the molecule is COC(=O)c1nc([C@]2(C(C)=O)C[C@H](F)CN2)nc(O)c1OC(=O)c1ccccc1. The molecule has 2 N–H and O–H groups in total. The smallest absolute Gasteiger partial charge is 0.360 e. The first-order valence-corrected chi connectivity index (χ1v) is 8.65. The maximum atomic E-state index is 13.8. The minimum Gasteiger partial charge on any atom is -0.491 e. The number of nitrogens with zero attached hydrogens (tertiary/aromatic N) is 2. The Balaban J connectivity index is 2.08. The summed E-state index contributed by atoms with van der Waals surface area (Å²) >= 11 is 0. The number of nitrogens with one attached hydrogen (secondary N) is 1. The second-order valence-electron chi connectivity index (χ2n) is 6.44. The Bertz CT molecular complexity index is 968. The lowest BCUT2D eigenvalue weighted by Crippen LogP contribution is -2.45. The number of esters is 2. The van der Waals surface area contributed by atoms with E-state index in [1.165, 1.54) is 19.1 Å². The number of hydrogen-bond acceptors (Lipinski definition) is 9. The van der Waals surface area contributed by atoms with E-state index in [0.29, 0.717) is 0 Å². The van der Waals surface area contributed by atoms with Crippen molar-refractivity contribution in [2.45, 2.75) is 25.1 Å². The third-order valence-corrected chi connectivity index (χ3v) is 4.57. The maximum absolute atomic E-state index is 13.8. The van der Waals surface area contributed by atoms with Crippen molar-refractivity contribution >= 4 is 17.7 Å². The number of halogens is 1.